The van der Waals surface area contributed by atoms with Crippen LogP contribution in [0.4, 0.5) is 35.1 Å². The number of hydrogen-bond donors (Lipinski definition) is 1. The molecule has 18 heteroatoms. The molecule has 8 nitrogen and oxygen atoms in total. The summed E-state index contributed by atoms with van der Waals surface area (Å²) >= 11 is 0. The van der Waals surface area contributed by atoms with Gasteiger partial charge < -0.3 is 9.84 Å². The van der Waals surface area contributed by atoms with Gasteiger partial charge in [0.15, 0.2) is 0 Å². The highest BCUT2D eigenvalue weighted by atomic mass is 32.2. The van der Waals surface area contributed by atoms with Crippen molar-refractivity contribution in [2.24, 2.45) is 0 Å². The van der Waals surface area contributed by atoms with Crippen LogP contribution in [0.25, 0.3) is 22.3 Å². The normalized spacial score (nSPS) is 12.0. The maximum atomic E-state index is 14.3. The lowest BCUT2D eigenvalue weighted by Crippen LogP contribution is -2.07. The number of methoxy groups -OCH3 is 1. The van der Waals surface area contributed by atoms with Crippen molar-refractivity contribution in [3.05, 3.63) is 167 Å². The maximum absolute atomic E-state index is 14.3. The molecule has 0 amide bonds. The summed E-state index contributed by atoms with van der Waals surface area (Å²) < 4.78 is 162. The molecule has 1 N–H and O–H groups in total. The number of aliphatic carboxylic acids is 1. The smallest absolute Gasteiger partial charge is 0.416 e. The number of sulfone groups is 2. The third kappa shape index (κ3) is 11.1. The Labute approximate surface area is 343 Å². The number of carbonyl (C=O) groups is 2. The number of halogens is 8. The van der Waals surface area contributed by atoms with Gasteiger partial charge in [0, 0.05) is 11.1 Å². The average Bonchev–Trinajstić information content (AvgIpc) is 3.20. The van der Waals surface area contributed by atoms with Gasteiger partial charge in [-0.2, -0.15) is 26.3 Å². The molecule has 0 atom stereocenters. The summed E-state index contributed by atoms with van der Waals surface area (Å²) in [6.07, 6.45) is -9.87. The lowest BCUT2D eigenvalue weighted by Gasteiger charge is -2.11. The topological polar surface area (TPSA) is 132 Å². The van der Waals surface area contributed by atoms with Crippen LogP contribution in [0, 0.1) is 11.6 Å². The fourth-order valence-corrected chi connectivity index (χ4v) is 8.60. The number of ether oxygens (including phenoxy) is 1. The molecule has 0 unspecified atom stereocenters. The largest absolute Gasteiger partial charge is 0.481 e. The van der Waals surface area contributed by atoms with Crippen LogP contribution in [0.1, 0.15) is 22.3 Å². The van der Waals surface area contributed by atoms with Crippen molar-refractivity contribution in [2.45, 2.75) is 44.8 Å². The lowest BCUT2D eigenvalue weighted by atomic mass is 10.0. The molecule has 0 aliphatic carbocycles. The molecule has 0 saturated heterocycles. The minimum Gasteiger partial charge on any atom is -0.481 e. The van der Waals surface area contributed by atoms with Gasteiger partial charge in [-0.05, 0) is 95.1 Å². The van der Waals surface area contributed by atoms with Crippen molar-refractivity contribution in [2.75, 3.05) is 7.11 Å². The molecular weight excluding hydrogens is 861 g/mol. The number of carboxylic acid groups (broad SMARTS) is 1. The second-order valence-electron chi connectivity index (χ2n) is 13.1. The molecule has 6 aromatic carbocycles. The predicted molar refractivity (Wildman–Crippen MR) is 205 cm³/mol. The Bertz CT molecular complexity index is 2840. The van der Waals surface area contributed by atoms with Crippen molar-refractivity contribution in [1.82, 2.24) is 0 Å². The summed E-state index contributed by atoms with van der Waals surface area (Å²) in [5.74, 6) is -3.91. The summed E-state index contributed by atoms with van der Waals surface area (Å²) in [6, 6.07) is 25.6. The summed E-state index contributed by atoms with van der Waals surface area (Å²) in [5.41, 5.74) is -1.72. The van der Waals surface area contributed by atoms with Crippen LogP contribution in [0.5, 0.6) is 0 Å². The van der Waals surface area contributed by atoms with Crippen LogP contribution in [0.3, 0.4) is 0 Å². The van der Waals surface area contributed by atoms with Crippen molar-refractivity contribution in [3.8, 4) is 22.3 Å². The SMILES string of the molecule is COC(=O)Cc1cccc(S(=O)(=O)c2cccc(-c3ccc(C(F)(F)F)cc3F)c2)c1.O=C(O)Cc1cccc(S(=O)(=O)c2cccc(-c3ccc(C(F)(F)F)cc3F)c2)c1. The molecule has 0 fully saturated rings. The highest BCUT2D eigenvalue weighted by Gasteiger charge is 2.32. The van der Waals surface area contributed by atoms with E-state index in [4.69, 9.17) is 5.11 Å². The Morgan fingerprint density at radius 2 is 0.885 bits per heavy atom. The van der Waals surface area contributed by atoms with Gasteiger partial charge >= 0.3 is 24.3 Å². The van der Waals surface area contributed by atoms with Crippen molar-refractivity contribution < 1.29 is 71.4 Å². The minimum atomic E-state index is -4.70. The van der Waals surface area contributed by atoms with Crippen LogP contribution < -0.4 is 0 Å². The first kappa shape index (κ1) is 45.7. The molecule has 0 spiro atoms. The zero-order valence-corrected chi connectivity index (χ0v) is 32.9. The van der Waals surface area contributed by atoms with Gasteiger partial charge in [0.2, 0.25) is 19.7 Å². The second kappa shape index (κ2) is 18.1. The number of esters is 1. The lowest BCUT2D eigenvalue weighted by molar-refractivity contribution is -0.140. The van der Waals surface area contributed by atoms with Crippen LogP contribution in [0.2, 0.25) is 0 Å². The molecule has 0 aromatic heterocycles. The van der Waals surface area contributed by atoms with Gasteiger partial charge in [-0.15, -0.1) is 0 Å². The Morgan fingerprint density at radius 1 is 0.525 bits per heavy atom. The maximum Gasteiger partial charge on any atom is 0.416 e. The molecule has 0 aliphatic heterocycles. The summed E-state index contributed by atoms with van der Waals surface area (Å²) in [4.78, 5) is 21.7. The zero-order valence-electron chi connectivity index (χ0n) is 31.3. The van der Waals surface area contributed by atoms with Crippen molar-refractivity contribution in [1.29, 1.82) is 0 Å². The Morgan fingerprint density at radius 3 is 1.23 bits per heavy atom. The number of alkyl halides is 6. The van der Waals surface area contributed by atoms with Gasteiger partial charge in [-0.1, -0.05) is 60.7 Å². The first-order valence-electron chi connectivity index (χ1n) is 17.4. The number of carboxylic acids is 1. The van der Waals surface area contributed by atoms with E-state index >= 15 is 0 Å². The number of hydrogen-bond acceptors (Lipinski definition) is 7. The third-order valence-corrected chi connectivity index (χ3v) is 12.4. The Kier molecular flexibility index (Phi) is 13.5. The quantitative estimate of drug-likeness (QED) is 0.106. The third-order valence-electron chi connectivity index (χ3n) is 8.85. The van der Waals surface area contributed by atoms with Crippen LogP contribution in [-0.4, -0.2) is 41.0 Å². The Hall–Kier alpha value is -6.40. The van der Waals surface area contributed by atoms with Crippen LogP contribution in [0.15, 0.2) is 153 Å². The van der Waals surface area contributed by atoms with E-state index in [-0.39, 0.29) is 60.2 Å². The molecule has 6 aromatic rings. The monoisotopic (exact) mass is 890 g/mol. The highest BCUT2D eigenvalue weighted by molar-refractivity contribution is 7.91. The second-order valence-corrected chi connectivity index (χ2v) is 17.0. The molecular formula is C43H30F8O8S2. The van der Waals surface area contributed by atoms with E-state index in [2.05, 4.69) is 4.74 Å². The van der Waals surface area contributed by atoms with Gasteiger partial charge in [-0.3, -0.25) is 9.59 Å². The fraction of sp³-hybridized carbons (Fsp3) is 0.116. The predicted octanol–water partition coefficient (Wildman–Crippen LogP) is 10.0. The van der Waals surface area contributed by atoms with E-state index in [1.165, 1.54) is 92.0 Å². The van der Waals surface area contributed by atoms with E-state index in [1.807, 2.05) is 0 Å². The average molecular weight is 891 g/mol. The number of rotatable bonds is 10. The highest BCUT2D eigenvalue weighted by Crippen LogP contribution is 2.36. The molecule has 0 bridgehead atoms. The molecule has 0 saturated carbocycles. The van der Waals surface area contributed by atoms with Gasteiger partial charge in [-0.25, -0.2) is 25.6 Å². The summed E-state index contributed by atoms with van der Waals surface area (Å²) in [5, 5.41) is 8.88. The van der Waals surface area contributed by atoms with Crippen LogP contribution >= 0.6 is 0 Å². The molecule has 6 rings (SSSR count). The van der Waals surface area contributed by atoms with E-state index < -0.39 is 66.7 Å². The van der Waals surface area contributed by atoms with Gasteiger partial charge in [0.1, 0.15) is 11.6 Å². The minimum absolute atomic E-state index is 0.0843. The van der Waals surface area contributed by atoms with Gasteiger partial charge in [0.05, 0.1) is 50.7 Å². The molecule has 0 radical (unpaired) electrons. The first-order chi connectivity index (χ1) is 28.5. The van der Waals surface area contributed by atoms with Crippen LogP contribution in [-0.2, 0) is 59.2 Å². The van der Waals surface area contributed by atoms with E-state index in [0.29, 0.717) is 17.7 Å². The first-order valence-corrected chi connectivity index (χ1v) is 20.4. The van der Waals surface area contributed by atoms with Crippen molar-refractivity contribution in [3.63, 3.8) is 0 Å². The number of benzene rings is 6. The molecule has 61 heavy (non-hydrogen) atoms. The van der Waals surface area contributed by atoms with Gasteiger partial charge in [0.25, 0.3) is 0 Å². The molecule has 318 valence electrons. The zero-order chi connectivity index (χ0) is 44.9. The Balaban J connectivity index is 0.000000231. The van der Waals surface area contributed by atoms with E-state index in [1.54, 1.807) is 6.07 Å². The molecule has 0 aliphatic rings. The fourth-order valence-electron chi connectivity index (χ4n) is 5.84. The van der Waals surface area contributed by atoms with E-state index in [0.717, 1.165) is 30.3 Å². The van der Waals surface area contributed by atoms with E-state index in [9.17, 15) is 61.5 Å². The number of carbonyl (C=O) groups excluding carboxylic acids is 1. The summed E-state index contributed by atoms with van der Waals surface area (Å²) in [6.45, 7) is 0. The standard InChI is InChI=1S/C22H16F4O4S.C21H14F4O4S/c1-30-21(27)11-14-4-2-6-17(10-14)31(28,29)18-7-3-5-15(12-18)19-9-8-16(13-20(19)23)22(24,25)26;22-19-12-15(21(23,24)25)7-8-18(19)14-4-2-6-17(11-14)30(28,29)16-5-1-3-13(9-16)10-20(26)27/h2-10,12-13H,11H2,1H3;1-9,11-12H,10H2,(H,26,27). The molecule has 0 heterocycles. The van der Waals surface area contributed by atoms with Crippen molar-refractivity contribution >= 4 is 31.6 Å². The summed E-state index contributed by atoms with van der Waals surface area (Å²) in [7, 11) is -6.88.